The van der Waals surface area contributed by atoms with Crippen molar-refractivity contribution >= 4 is 17.3 Å². The molecule has 0 aliphatic rings. The Morgan fingerprint density at radius 3 is 1.78 bits per heavy atom. The molecule has 0 amide bonds. The minimum atomic E-state index is -1.42. The summed E-state index contributed by atoms with van der Waals surface area (Å²) < 4.78 is 0. The van der Waals surface area contributed by atoms with Gasteiger partial charge in [-0.25, -0.2) is 0 Å². The molecule has 2 rings (SSSR count). The molecule has 0 saturated carbocycles. The molecule has 4 heteroatoms. The summed E-state index contributed by atoms with van der Waals surface area (Å²) in [6.45, 7) is 5.72. The second-order valence-corrected chi connectivity index (χ2v) is 5.90. The number of aliphatic hydroxyl groups is 1. The molecule has 0 bridgehead atoms. The first-order chi connectivity index (χ1) is 10.8. The average Bonchev–Trinajstić information content (AvgIpc) is 2.54. The van der Waals surface area contributed by atoms with Crippen molar-refractivity contribution in [2.45, 2.75) is 26.4 Å². The second kappa shape index (κ2) is 6.75. The standard InChI is InChI=1S/C19H21NO3/c1-4-20-16-11-9-14(10-12-16)17(21)13-5-7-15(8-6-13)18(22)19(2,3)23/h5-12,20,23H,4H2,1-3H3. The molecule has 2 aromatic carbocycles. The maximum Gasteiger partial charge on any atom is 0.193 e. The smallest absolute Gasteiger partial charge is 0.193 e. The highest BCUT2D eigenvalue weighted by molar-refractivity contribution is 6.10. The lowest BCUT2D eigenvalue weighted by Crippen LogP contribution is -2.31. The largest absolute Gasteiger partial charge is 0.385 e. The van der Waals surface area contributed by atoms with Gasteiger partial charge in [0, 0.05) is 28.9 Å². The molecular formula is C19H21NO3. The molecule has 2 aromatic rings. The molecule has 0 atom stereocenters. The van der Waals surface area contributed by atoms with Crippen LogP contribution in [0.25, 0.3) is 0 Å². The van der Waals surface area contributed by atoms with E-state index in [1.807, 2.05) is 19.1 Å². The first-order valence-electron chi connectivity index (χ1n) is 7.59. The number of carbonyl (C=O) groups is 2. The second-order valence-electron chi connectivity index (χ2n) is 5.90. The van der Waals surface area contributed by atoms with Crippen LogP contribution in [-0.4, -0.2) is 28.8 Å². The molecule has 0 heterocycles. The Kier molecular flexibility index (Phi) is 4.96. The number of carbonyl (C=O) groups excluding carboxylic acids is 2. The van der Waals surface area contributed by atoms with E-state index < -0.39 is 5.60 Å². The van der Waals surface area contributed by atoms with Crippen molar-refractivity contribution in [3.8, 4) is 0 Å². The lowest BCUT2D eigenvalue weighted by Gasteiger charge is -2.15. The molecule has 0 saturated heterocycles. The van der Waals surface area contributed by atoms with Gasteiger partial charge in [0.2, 0.25) is 0 Å². The third-order valence-electron chi connectivity index (χ3n) is 3.49. The topological polar surface area (TPSA) is 66.4 Å². The highest BCUT2D eigenvalue weighted by atomic mass is 16.3. The van der Waals surface area contributed by atoms with Gasteiger partial charge in [-0.1, -0.05) is 24.3 Å². The van der Waals surface area contributed by atoms with E-state index in [2.05, 4.69) is 5.32 Å². The quantitative estimate of drug-likeness (QED) is 0.803. The van der Waals surface area contributed by atoms with Crippen LogP contribution in [0, 0.1) is 0 Å². The molecule has 0 spiro atoms. The summed E-state index contributed by atoms with van der Waals surface area (Å²) in [6, 6.07) is 13.6. The number of ketones is 2. The summed E-state index contributed by atoms with van der Waals surface area (Å²) in [4.78, 5) is 24.4. The van der Waals surface area contributed by atoms with Crippen LogP contribution < -0.4 is 5.32 Å². The van der Waals surface area contributed by atoms with Crippen molar-refractivity contribution in [3.63, 3.8) is 0 Å². The molecule has 120 valence electrons. The lowest BCUT2D eigenvalue weighted by atomic mass is 9.95. The average molecular weight is 311 g/mol. The van der Waals surface area contributed by atoms with Crippen LogP contribution in [0.2, 0.25) is 0 Å². The maximum atomic E-state index is 12.4. The fourth-order valence-corrected chi connectivity index (χ4v) is 2.24. The van der Waals surface area contributed by atoms with Gasteiger partial charge in [-0.15, -0.1) is 0 Å². The highest BCUT2D eigenvalue weighted by Gasteiger charge is 2.25. The van der Waals surface area contributed by atoms with Crippen LogP contribution >= 0.6 is 0 Å². The number of rotatable bonds is 6. The van der Waals surface area contributed by atoms with Gasteiger partial charge in [0.1, 0.15) is 5.60 Å². The van der Waals surface area contributed by atoms with Gasteiger partial charge in [0.05, 0.1) is 0 Å². The summed E-state index contributed by atoms with van der Waals surface area (Å²) in [6.07, 6.45) is 0. The van der Waals surface area contributed by atoms with Crippen molar-refractivity contribution in [1.29, 1.82) is 0 Å². The molecule has 0 radical (unpaired) electrons. The van der Waals surface area contributed by atoms with Crippen LogP contribution in [0.15, 0.2) is 48.5 Å². The van der Waals surface area contributed by atoms with Crippen molar-refractivity contribution in [2.24, 2.45) is 0 Å². The monoisotopic (exact) mass is 311 g/mol. The fraction of sp³-hybridized carbons (Fsp3) is 0.263. The Morgan fingerprint density at radius 1 is 0.913 bits per heavy atom. The summed E-state index contributed by atoms with van der Waals surface area (Å²) in [5, 5.41) is 12.9. The Labute approximate surface area is 136 Å². The van der Waals surface area contributed by atoms with Crippen LogP contribution in [0.4, 0.5) is 5.69 Å². The first kappa shape index (κ1) is 16.9. The SMILES string of the molecule is CCNc1ccc(C(=O)c2ccc(C(=O)C(C)(C)O)cc2)cc1. The van der Waals surface area contributed by atoms with E-state index in [1.165, 1.54) is 13.8 Å². The van der Waals surface area contributed by atoms with Gasteiger partial charge in [-0.2, -0.15) is 0 Å². The molecule has 23 heavy (non-hydrogen) atoms. The Bertz CT molecular complexity index is 695. The minimum Gasteiger partial charge on any atom is -0.385 e. The number of nitrogens with one attached hydrogen (secondary N) is 1. The van der Waals surface area contributed by atoms with Crippen LogP contribution in [0.5, 0.6) is 0 Å². The lowest BCUT2D eigenvalue weighted by molar-refractivity contribution is 0.0488. The van der Waals surface area contributed by atoms with Gasteiger partial charge >= 0.3 is 0 Å². The number of hydrogen-bond donors (Lipinski definition) is 2. The molecule has 4 nitrogen and oxygen atoms in total. The Morgan fingerprint density at radius 2 is 1.35 bits per heavy atom. The molecule has 0 unspecified atom stereocenters. The third kappa shape index (κ3) is 4.05. The Hall–Kier alpha value is -2.46. The van der Waals surface area contributed by atoms with Gasteiger partial charge in [0.25, 0.3) is 0 Å². The maximum absolute atomic E-state index is 12.4. The van der Waals surface area contributed by atoms with Gasteiger partial charge in [-0.3, -0.25) is 9.59 Å². The van der Waals surface area contributed by atoms with E-state index in [1.54, 1.807) is 36.4 Å². The van der Waals surface area contributed by atoms with E-state index in [0.717, 1.165) is 12.2 Å². The zero-order chi connectivity index (χ0) is 17.0. The van der Waals surface area contributed by atoms with Crippen LogP contribution in [-0.2, 0) is 0 Å². The Balaban J connectivity index is 2.18. The van der Waals surface area contributed by atoms with Crippen molar-refractivity contribution in [2.75, 3.05) is 11.9 Å². The fourth-order valence-electron chi connectivity index (χ4n) is 2.24. The van der Waals surface area contributed by atoms with E-state index in [4.69, 9.17) is 0 Å². The normalized spacial score (nSPS) is 11.1. The third-order valence-corrected chi connectivity index (χ3v) is 3.49. The van der Waals surface area contributed by atoms with Gasteiger partial charge in [0.15, 0.2) is 11.6 Å². The number of anilines is 1. The van der Waals surface area contributed by atoms with Gasteiger partial charge in [-0.05, 0) is 45.0 Å². The van der Waals surface area contributed by atoms with E-state index in [0.29, 0.717) is 16.7 Å². The zero-order valence-corrected chi connectivity index (χ0v) is 13.6. The highest BCUT2D eigenvalue weighted by Crippen LogP contribution is 2.17. The number of Topliss-reactive ketones (excluding diaryl/α,β-unsaturated/α-hetero) is 1. The summed E-state index contributed by atoms with van der Waals surface area (Å²) in [5.41, 5.74) is 1.03. The van der Waals surface area contributed by atoms with Crippen molar-refractivity contribution < 1.29 is 14.7 Å². The molecule has 2 N–H and O–H groups in total. The van der Waals surface area contributed by atoms with E-state index in [9.17, 15) is 14.7 Å². The number of benzene rings is 2. The van der Waals surface area contributed by atoms with Crippen LogP contribution in [0.1, 0.15) is 47.1 Å². The zero-order valence-electron chi connectivity index (χ0n) is 13.6. The molecule has 0 fully saturated rings. The molecular weight excluding hydrogens is 290 g/mol. The van der Waals surface area contributed by atoms with E-state index in [-0.39, 0.29) is 11.6 Å². The molecule has 0 aliphatic carbocycles. The van der Waals surface area contributed by atoms with Crippen molar-refractivity contribution in [1.82, 2.24) is 0 Å². The summed E-state index contributed by atoms with van der Waals surface area (Å²) >= 11 is 0. The molecule has 0 aromatic heterocycles. The van der Waals surface area contributed by atoms with E-state index >= 15 is 0 Å². The predicted octanol–water partition coefficient (Wildman–Crippen LogP) is 3.30. The molecule has 0 aliphatic heterocycles. The van der Waals surface area contributed by atoms with Gasteiger partial charge < -0.3 is 10.4 Å². The number of hydrogen-bond acceptors (Lipinski definition) is 4. The minimum absolute atomic E-state index is 0.102. The summed E-state index contributed by atoms with van der Waals surface area (Å²) in [5.74, 6) is -0.471. The predicted molar refractivity (Wildman–Crippen MR) is 91.1 cm³/mol. The first-order valence-corrected chi connectivity index (χ1v) is 7.59. The van der Waals surface area contributed by atoms with Crippen molar-refractivity contribution in [3.05, 3.63) is 65.2 Å². The summed E-state index contributed by atoms with van der Waals surface area (Å²) in [7, 11) is 0. The van der Waals surface area contributed by atoms with Crippen LogP contribution in [0.3, 0.4) is 0 Å².